The summed E-state index contributed by atoms with van der Waals surface area (Å²) in [7, 11) is 1.31. The van der Waals surface area contributed by atoms with E-state index in [-0.39, 0.29) is 42.0 Å². The summed E-state index contributed by atoms with van der Waals surface area (Å²) in [5.74, 6) is 3.75. The number of ether oxygens (including phenoxy) is 2. The first-order valence-corrected chi connectivity index (χ1v) is 23.6. The molecule has 2 saturated heterocycles. The number of H-pyrrole nitrogens is 2. The van der Waals surface area contributed by atoms with Gasteiger partial charge in [-0.15, -0.1) is 0 Å². The smallest absolute Gasteiger partial charge is 0.407 e. The molecule has 8 rings (SSSR count). The highest BCUT2D eigenvalue weighted by atomic mass is 16.5. The summed E-state index contributed by atoms with van der Waals surface area (Å²) in [6.07, 6.45) is 10.0. The van der Waals surface area contributed by atoms with E-state index in [0.717, 1.165) is 83.7 Å². The van der Waals surface area contributed by atoms with Gasteiger partial charge in [-0.1, -0.05) is 59.1 Å². The summed E-state index contributed by atoms with van der Waals surface area (Å²) in [6.45, 7) is 12.8. The van der Waals surface area contributed by atoms with Crippen LogP contribution in [0, 0.1) is 17.8 Å². The summed E-state index contributed by atoms with van der Waals surface area (Å²) >= 11 is 0. The van der Waals surface area contributed by atoms with E-state index in [1.54, 1.807) is 0 Å². The van der Waals surface area contributed by atoms with E-state index in [0.29, 0.717) is 37.0 Å². The van der Waals surface area contributed by atoms with Crippen molar-refractivity contribution in [2.75, 3.05) is 18.6 Å². The second-order valence-corrected chi connectivity index (χ2v) is 19.4. The highest BCUT2D eigenvalue weighted by Gasteiger charge is 2.39. The van der Waals surface area contributed by atoms with Crippen molar-refractivity contribution < 1.29 is 23.9 Å². The third kappa shape index (κ3) is 9.75. The quantitative estimate of drug-likeness (QED) is 0.0936. The molecule has 1 saturated carbocycles. The standard InChI is InChI=1S/C51H67N7O5/c1-30(2)26-37(59)27-33-12-9-8-10-13-39(33)48-52-40-21-15-34(28-42(40)54-48)44-23-24-45(58(44)36-17-19-38(20-18-36)63-32(5)6)35-16-22-41-43(29-35)55-49(53-41)46-14-11-25-57(46)50(60)47(31(3)4)56-51(61)62-7/h15-22,28-33,39,44-47H,8-14,23-27H2,1-7H3,(H,52,54)(H,53,55)(H,56,61)/t33?,39-,44-,45-,46+,47+/m1/s1. The van der Waals surface area contributed by atoms with Crippen molar-refractivity contribution in [2.45, 2.75) is 148 Å². The number of methoxy groups -OCH3 is 1. The lowest BCUT2D eigenvalue weighted by Crippen LogP contribution is -2.51. The van der Waals surface area contributed by atoms with Crippen LogP contribution < -0.4 is 15.0 Å². The van der Waals surface area contributed by atoms with Crippen LogP contribution in [0.2, 0.25) is 0 Å². The Balaban J connectivity index is 1.09. The maximum Gasteiger partial charge on any atom is 0.407 e. The van der Waals surface area contributed by atoms with Crippen LogP contribution >= 0.6 is 0 Å². The molecule has 1 aliphatic carbocycles. The largest absolute Gasteiger partial charge is 0.491 e. The Morgan fingerprint density at radius 2 is 1.38 bits per heavy atom. The zero-order chi connectivity index (χ0) is 44.4. The number of hydrogen-bond donors (Lipinski definition) is 3. The summed E-state index contributed by atoms with van der Waals surface area (Å²) in [5, 5.41) is 2.75. The van der Waals surface area contributed by atoms with Gasteiger partial charge in [-0.2, -0.15) is 0 Å². The van der Waals surface area contributed by atoms with Gasteiger partial charge in [0.1, 0.15) is 29.2 Å². The molecule has 0 spiro atoms. The van der Waals surface area contributed by atoms with Gasteiger partial charge in [0.25, 0.3) is 0 Å². The van der Waals surface area contributed by atoms with Gasteiger partial charge in [-0.25, -0.2) is 14.8 Å². The van der Waals surface area contributed by atoms with Gasteiger partial charge in [0.05, 0.1) is 53.4 Å². The molecule has 3 aromatic carbocycles. The Hall–Kier alpha value is -5.39. The van der Waals surface area contributed by atoms with Crippen LogP contribution in [-0.2, 0) is 14.3 Å². The number of aromatic amines is 2. The molecule has 3 aliphatic rings. The van der Waals surface area contributed by atoms with Gasteiger partial charge in [0.2, 0.25) is 5.91 Å². The average Bonchev–Trinajstić information content (AvgIpc) is 4.06. The number of carbonyl (C=O) groups excluding carboxylic acids is 3. The molecule has 2 amide bonds. The molecule has 0 radical (unpaired) electrons. The SMILES string of the molecule is COC(=O)N[C@H](C(=O)N1CCC[C@H]1c1nc2ccc([C@H]3CC[C@H](c4ccc5nc([C@@H]6CCCCCC6CC(=O)CC(C)C)[nH]c5c4)N3c3ccc(OC(C)C)cc3)cc2[nH]1)C(C)C. The molecule has 3 N–H and O–H groups in total. The van der Waals surface area contributed by atoms with E-state index in [9.17, 15) is 14.4 Å². The number of benzene rings is 3. The first-order chi connectivity index (χ1) is 30.4. The van der Waals surface area contributed by atoms with Crippen molar-refractivity contribution in [3.8, 4) is 5.75 Å². The summed E-state index contributed by atoms with van der Waals surface area (Å²) < 4.78 is 10.9. The van der Waals surface area contributed by atoms with Gasteiger partial charge in [-0.3, -0.25) is 9.59 Å². The van der Waals surface area contributed by atoms with Crippen molar-refractivity contribution in [2.24, 2.45) is 17.8 Å². The van der Waals surface area contributed by atoms with Gasteiger partial charge in [0.15, 0.2) is 0 Å². The molecular formula is C51H67N7O5. The van der Waals surface area contributed by atoms with Crippen LogP contribution in [0.5, 0.6) is 5.75 Å². The number of rotatable bonds is 14. The third-order valence-electron chi connectivity index (χ3n) is 13.6. The van der Waals surface area contributed by atoms with Crippen LogP contribution in [0.4, 0.5) is 10.5 Å². The molecule has 6 atom stereocenters. The molecule has 0 bridgehead atoms. The number of likely N-dealkylation sites (tertiary alicyclic amines) is 1. The maximum atomic E-state index is 13.9. The lowest BCUT2D eigenvalue weighted by molar-refractivity contribution is -0.135. The van der Waals surface area contributed by atoms with Crippen LogP contribution in [0.3, 0.4) is 0 Å². The Labute approximate surface area is 372 Å². The molecule has 4 heterocycles. The second kappa shape index (κ2) is 19.2. The van der Waals surface area contributed by atoms with Crippen molar-refractivity contribution in [3.05, 3.63) is 83.4 Å². The lowest BCUT2D eigenvalue weighted by Gasteiger charge is -2.33. The second-order valence-electron chi connectivity index (χ2n) is 19.4. The van der Waals surface area contributed by atoms with Crippen LogP contribution in [0.15, 0.2) is 60.7 Å². The van der Waals surface area contributed by atoms with E-state index >= 15 is 0 Å². The summed E-state index contributed by atoms with van der Waals surface area (Å²) in [6, 6.07) is 21.1. The molecule has 63 heavy (non-hydrogen) atoms. The molecule has 2 aromatic heterocycles. The number of ketones is 1. The molecular weight excluding hydrogens is 791 g/mol. The Kier molecular flexibility index (Phi) is 13.4. The topological polar surface area (TPSA) is 146 Å². The molecule has 5 aromatic rings. The zero-order valence-electron chi connectivity index (χ0n) is 38.3. The fourth-order valence-electron chi connectivity index (χ4n) is 10.6. The number of hydrogen-bond acceptors (Lipinski definition) is 8. The number of imidazole rings is 2. The molecule has 3 fully saturated rings. The lowest BCUT2D eigenvalue weighted by atomic mass is 9.82. The molecule has 2 aliphatic heterocycles. The number of amides is 2. The van der Waals surface area contributed by atoms with Crippen LogP contribution in [-0.4, -0.2) is 68.4 Å². The normalized spacial score (nSPS) is 22.3. The number of fused-ring (bicyclic) bond motifs is 2. The van der Waals surface area contributed by atoms with E-state index in [1.807, 2.05) is 32.6 Å². The summed E-state index contributed by atoms with van der Waals surface area (Å²) in [5.41, 5.74) is 7.39. The van der Waals surface area contributed by atoms with Gasteiger partial charge in [-0.05, 0) is 130 Å². The number of nitrogens with one attached hydrogen (secondary N) is 3. The van der Waals surface area contributed by atoms with Crippen molar-refractivity contribution >= 4 is 45.5 Å². The van der Waals surface area contributed by atoms with Crippen molar-refractivity contribution in [1.29, 1.82) is 0 Å². The summed E-state index contributed by atoms with van der Waals surface area (Å²) in [4.78, 5) is 61.2. The molecule has 12 heteroatoms. The molecule has 1 unspecified atom stereocenters. The highest BCUT2D eigenvalue weighted by molar-refractivity contribution is 5.87. The van der Waals surface area contributed by atoms with E-state index in [2.05, 4.69) is 94.7 Å². The fraction of sp³-hybridized carbons (Fsp3) is 0.549. The predicted molar refractivity (Wildman–Crippen MR) is 248 cm³/mol. The number of nitrogens with zero attached hydrogens (tertiary/aromatic N) is 4. The Morgan fingerprint density at radius 1 is 0.746 bits per heavy atom. The minimum absolute atomic E-state index is 0.0802. The average molecular weight is 858 g/mol. The van der Waals surface area contributed by atoms with Crippen molar-refractivity contribution in [1.82, 2.24) is 30.2 Å². The predicted octanol–water partition coefficient (Wildman–Crippen LogP) is 11.0. The Bertz CT molecular complexity index is 2380. The van der Waals surface area contributed by atoms with Gasteiger partial charge >= 0.3 is 6.09 Å². The van der Waals surface area contributed by atoms with E-state index < -0.39 is 12.1 Å². The van der Waals surface area contributed by atoms with Crippen LogP contribution in [0.1, 0.15) is 159 Å². The third-order valence-corrected chi connectivity index (χ3v) is 13.6. The monoisotopic (exact) mass is 858 g/mol. The zero-order valence-corrected chi connectivity index (χ0v) is 38.3. The number of carbonyl (C=O) groups is 3. The minimum atomic E-state index is -0.692. The van der Waals surface area contributed by atoms with Gasteiger partial charge in [0, 0.05) is 31.0 Å². The number of anilines is 1. The van der Waals surface area contributed by atoms with Gasteiger partial charge < -0.3 is 34.6 Å². The number of Topliss-reactive ketones (excluding diaryl/α,β-unsaturated/α-hetero) is 1. The Morgan fingerprint density at radius 3 is 2.00 bits per heavy atom. The highest BCUT2D eigenvalue weighted by Crippen LogP contribution is 2.48. The fourth-order valence-corrected chi connectivity index (χ4v) is 10.6. The number of aromatic nitrogens is 4. The van der Waals surface area contributed by atoms with E-state index in [1.165, 1.54) is 37.5 Å². The van der Waals surface area contributed by atoms with Crippen molar-refractivity contribution in [3.63, 3.8) is 0 Å². The van der Waals surface area contributed by atoms with E-state index in [4.69, 9.17) is 19.4 Å². The maximum absolute atomic E-state index is 13.9. The molecule has 336 valence electrons. The van der Waals surface area contributed by atoms with Crippen LogP contribution in [0.25, 0.3) is 22.1 Å². The first kappa shape index (κ1) is 44.2. The minimum Gasteiger partial charge on any atom is -0.491 e. The first-order valence-electron chi connectivity index (χ1n) is 23.6. The molecule has 12 nitrogen and oxygen atoms in total. The number of alkyl carbamates (subject to hydrolysis) is 1.